The Hall–Kier alpha value is -0.0800. The van der Waals surface area contributed by atoms with E-state index in [1.807, 2.05) is 13.8 Å². The number of aliphatic hydroxyl groups is 1. The molecule has 1 aliphatic carbocycles. The van der Waals surface area contributed by atoms with Crippen LogP contribution in [-0.4, -0.2) is 24.8 Å². The minimum absolute atomic E-state index is 0.880. The van der Waals surface area contributed by atoms with E-state index in [4.69, 9.17) is 5.11 Å². The van der Waals surface area contributed by atoms with E-state index in [2.05, 4.69) is 12.2 Å². The van der Waals surface area contributed by atoms with Crippen LogP contribution in [0.2, 0.25) is 0 Å². The van der Waals surface area contributed by atoms with E-state index in [1.165, 1.54) is 19.3 Å². The lowest BCUT2D eigenvalue weighted by atomic mass is 9.93. The molecular formula is C9H23NO. The average Bonchev–Trinajstić information content (AvgIpc) is 2.05. The summed E-state index contributed by atoms with van der Waals surface area (Å²) < 4.78 is 0. The highest BCUT2D eigenvalue weighted by Crippen LogP contribution is 2.17. The molecule has 0 aromatic heterocycles. The molecule has 0 atom stereocenters. The smallest absolute Gasteiger partial charge is 0.0319 e. The number of hydrogen-bond donors (Lipinski definition) is 2. The van der Waals surface area contributed by atoms with Crippen molar-refractivity contribution in [3.8, 4) is 0 Å². The maximum Gasteiger partial charge on any atom is 0.0319 e. The van der Waals surface area contributed by atoms with Gasteiger partial charge in [-0.3, -0.25) is 0 Å². The van der Waals surface area contributed by atoms with E-state index in [0.717, 1.165) is 19.7 Å². The fourth-order valence-corrected chi connectivity index (χ4v) is 0.901. The summed E-state index contributed by atoms with van der Waals surface area (Å²) in [5.74, 6) is 0. The molecule has 0 radical (unpaired) electrons. The van der Waals surface area contributed by atoms with E-state index in [9.17, 15) is 0 Å². The van der Waals surface area contributed by atoms with E-state index < -0.39 is 0 Å². The molecule has 0 aliphatic heterocycles. The van der Waals surface area contributed by atoms with Crippen LogP contribution in [-0.2, 0) is 0 Å². The molecule has 0 bridgehead atoms. The molecule has 0 aromatic rings. The molecule has 2 nitrogen and oxygen atoms in total. The van der Waals surface area contributed by atoms with E-state index in [0.29, 0.717) is 0 Å². The molecule has 0 saturated heterocycles. The maximum absolute atomic E-state index is 7.00. The number of rotatable bonds is 2. The van der Waals surface area contributed by atoms with Crippen molar-refractivity contribution in [1.29, 1.82) is 0 Å². The highest BCUT2D eigenvalue weighted by Gasteiger charge is 2.14. The van der Waals surface area contributed by atoms with Gasteiger partial charge in [-0.15, -0.1) is 0 Å². The third kappa shape index (κ3) is 7.82. The average molecular weight is 161 g/mol. The van der Waals surface area contributed by atoms with E-state index in [1.54, 1.807) is 0 Å². The second kappa shape index (κ2) is 12.6. The molecule has 0 unspecified atom stereocenters. The van der Waals surface area contributed by atoms with Crippen molar-refractivity contribution < 1.29 is 5.11 Å². The molecule has 0 aromatic carbocycles. The summed E-state index contributed by atoms with van der Waals surface area (Å²) in [7, 11) is 1.00. The molecule has 0 amide bonds. The first-order valence-corrected chi connectivity index (χ1v) is 4.61. The van der Waals surface area contributed by atoms with Crippen LogP contribution in [0.1, 0.15) is 40.0 Å². The molecule has 0 spiro atoms. The molecule has 11 heavy (non-hydrogen) atoms. The van der Waals surface area contributed by atoms with Gasteiger partial charge in [0.25, 0.3) is 0 Å². The third-order valence-corrected chi connectivity index (χ3v) is 1.60. The largest absolute Gasteiger partial charge is 0.400 e. The first-order chi connectivity index (χ1) is 5.43. The first-order valence-electron chi connectivity index (χ1n) is 4.61. The van der Waals surface area contributed by atoms with E-state index >= 15 is 0 Å². The van der Waals surface area contributed by atoms with Gasteiger partial charge in [0.1, 0.15) is 0 Å². The zero-order valence-corrected chi connectivity index (χ0v) is 8.35. The molecule has 2 heteroatoms. The zero-order chi connectivity index (χ0) is 9.11. The van der Waals surface area contributed by atoms with Crippen molar-refractivity contribution >= 4 is 0 Å². The SMILES string of the molecule is CC.CCNC1CCC1.CO. The number of aliphatic hydroxyl groups excluding tert-OH is 1. The molecule has 1 saturated carbocycles. The Morgan fingerprint density at radius 1 is 1.27 bits per heavy atom. The Morgan fingerprint density at radius 2 is 1.73 bits per heavy atom. The third-order valence-electron chi connectivity index (χ3n) is 1.60. The second-order valence-electron chi connectivity index (χ2n) is 2.19. The van der Waals surface area contributed by atoms with Gasteiger partial charge in [-0.2, -0.15) is 0 Å². The lowest BCUT2D eigenvalue weighted by molar-refractivity contribution is 0.346. The summed E-state index contributed by atoms with van der Waals surface area (Å²) in [5.41, 5.74) is 0. The summed E-state index contributed by atoms with van der Waals surface area (Å²) >= 11 is 0. The minimum Gasteiger partial charge on any atom is -0.400 e. The monoisotopic (exact) mass is 161 g/mol. The quantitative estimate of drug-likeness (QED) is 0.647. The summed E-state index contributed by atoms with van der Waals surface area (Å²) in [6.45, 7) is 7.31. The fourth-order valence-electron chi connectivity index (χ4n) is 0.901. The van der Waals surface area contributed by atoms with Gasteiger partial charge >= 0.3 is 0 Å². The summed E-state index contributed by atoms with van der Waals surface area (Å²) in [6, 6.07) is 0.880. The summed E-state index contributed by atoms with van der Waals surface area (Å²) in [5, 5.41) is 10.4. The van der Waals surface area contributed by atoms with Crippen LogP contribution in [0.5, 0.6) is 0 Å². The highest BCUT2D eigenvalue weighted by molar-refractivity contribution is 4.74. The summed E-state index contributed by atoms with van der Waals surface area (Å²) in [6.07, 6.45) is 4.26. The van der Waals surface area contributed by atoms with Crippen LogP contribution in [0, 0.1) is 0 Å². The number of hydrogen-bond acceptors (Lipinski definition) is 2. The lowest BCUT2D eigenvalue weighted by Crippen LogP contribution is -2.34. The number of nitrogens with one attached hydrogen (secondary N) is 1. The lowest BCUT2D eigenvalue weighted by Gasteiger charge is -2.25. The van der Waals surface area contributed by atoms with Gasteiger partial charge in [0.05, 0.1) is 0 Å². The van der Waals surface area contributed by atoms with Crippen LogP contribution >= 0.6 is 0 Å². The Kier molecular flexibility index (Phi) is 15.4. The van der Waals surface area contributed by atoms with Crippen molar-refractivity contribution in [2.24, 2.45) is 0 Å². The van der Waals surface area contributed by atoms with Crippen molar-refractivity contribution in [1.82, 2.24) is 5.32 Å². The molecule has 70 valence electrons. The van der Waals surface area contributed by atoms with Crippen LogP contribution in [0.3, 0.4) is 0 Å². The van der Waals surface area contributed by atoms with Crippen LogP contribution in [0.25, 0.3) is 0 Å². The Bertz CT molecular complexity index is 53.5. The molecule has 1 aliphatic rings. The van der Waals surface area contributed by atoms with Gasteiger partial charge < -0.3 is 10.4 Å². The zero-order valence-electron chi connectivity index (χ0n) is 8.35. The highest BCUT2D eigenvalue weighted by atomic mass is 16.2. The second-order valence-corrected chi connectivity index (χ2v) is 2.19. The molecule has 1 fully saturated rings. The predicted octanol–water partition coefficient (Wildman–Crippen LogP) is 1.78. The van der Waals surface area contributed by atoms with Gasteiger partial charge in [-0.25, -0.2) is 0 Å². The molecule has 0 heterocycles. The van der Waals surface area contributed by atoms with Gasteiger partial charge in [-0.1, -0.05) is 27.2 Å². The van der Waals surface area contributed by atoms with Crippen molar-refractivity contribution in [3.63, 3.8) is 0 Å². The van der Waals surface area contributed by atoms with E-state index in [-0.39, 0.29) is 0 Å². The van der Waals surface area contributed by atoms with Crippen LogP contribution in [0.15, 0.2) is 0 Å². The fraction of sp³-hybridized carbons (Fsp3) is 1.00. The molecule has 2 N–H and O–H groups in total. The summed E-state index contributed by atoms with van der Waals surface area (Å²) in [4.78, 5) is 0. The van der Waals surface area contributed by atoms with Gasteiger partial charge in [0, 0.05) is 13.2 Å². The van der Waals surface area contributed by atoms with Crippen LogP contribution < -0.4 is 5.32 Å². The standard InChI is InChI=1S/C6H13N.C2H6.CH4O/c1-2-7-6-4-3-5-6;2*1-2/h6-7H,2-5H2,1H3;1-2H3;2H,1H3. The van der Waals surface area contributed by atoms with Gasteiger partial charge in [0.15, 0.2) is 0 Å². The predicted molar refractivity (Wildman–Crippen MR) is 50.8 cm³/mol. The van der Waals surface area contributed by atoms with Crippen LogP contribution in [0.4, 0.5) is 0 Å². The van der Waals surface area contributed by atoms with Crippen molar-refractivity contribution in [3.05, 3.63) is 0 Å². The van der Waals surface area contributed by atoms with Crippen molar-refractivity contribution in [2.45, 2.75) is 46.1 Å². The minimum atomic E-state index is 0.880. The Morgan fingerprint density at radius 3 is 1.82 bits per heavy atom. The first kappa shape index (κ1) is 13.5. The topological polar surface area (TPSA) is 32.3 Å². The molecular weight excluding hydrogens is 138 g/mol. The maximum atomic E-state index is 7.00. The Balaban J connectivity index is 0. The normalized spacial score (nSPS) is 15.0. The van der Waals surface area contributed by atoms with Gasteiger partial charge in [-0.05, 0) is 19.4 Å². The Labute approximate surface area is 71.0 Å². The van der Waals surface area contributed by atoms with Crippen molar-refractivity contribution in [2.75, 3.05) is 13.7 Å². The van der Waals surface area contributed by atoms with Gasteiger partial charge in [0.2, 0.25) is 0 Å². The molecule has 1 rings (SSSR count).